The molecule has 1 aliphatic carbocycles. The number of nitrogens with zero attached hydrogens (tertiary/aromatic N) is 1. The number of allylic oxidation sites excluding steroid dienone is 4. The van der Waals surface area contributed by atoms with Crippen molar-refractivity contribution in [3.63, 3.8) is 0 Å². The van der Waals surface area contributed by atoms with E-state index in [1.165, 1.54) is 30.8 Å². The van der Waals surface area contributed by atoms with Crippen molar-refractivity contribution in [2.24, 2.45) is 0 Å². The molecule has 0 aromatic rings. The predicted molar refractivity (Wildman–Crippen MR) is 93.8 cm³/mol. The Morgan fingerprint density at radius 3 is 1.95 bits per heavy atom. The first-order valence-electron chi connectivity index (χ1n) is 6.68. The van der Waals surface area contributed by atoms with Crippen LogP contribution in [0.15, 0.2) is 22.1 Å². The van der Waals surface area contributed by atoms with Gasteiger partial charge in [-0.1, -0.05) is 0 Å². The number of hydrogen-bond acceptors (Lipinski definition) is 1. The molecular weight excluding hydrogens is 336 g/mol. The zero-order valence-corrected chi connectivity index (χ0v) is 17.0. The number of halogens is 3. The maximum atomic E-state index is 2.58. The minimum Gasteiger partial charge on any atom is -0.147 e. The summed E-state index contributed by atoms with van der Waals surface area (Å²) in [5.41, 5.74) is 0. The van der Waals surface area contributed by atoms with Crippen LogP contribution in [-0.2, 0) is 15.3 Å². The molecule has 5 heteroatoms. The normalized spacial score (nSPS) is 15.7. The molecule has 0 atom stereocenters. The van der Waals surface area contributed by atoms with Crippen molar-refractivity contribution in [1.82, 2.24) is 4.90 Å². The first-order valence-corrected chi connectivity index (χ1v) is 13.3. The topological polar surface area (TPSA) is 3.24 Å². The molecule has 1 aliphatic rings. The molecule has 0 unspecified atom stereocenters. The third-order valence-electron chi connectivity index (χ3n) is 4.16. The van der Waals surface area contributed by atoms with E-state index in [0.29, 0.717) is 0 Å². The summed E-state index contributed by atoms with van der Waals surface area (Å²) in [6, 6.07) is 0. The Morgan fingerprint density at radius 1 is 1.05 bits per heavy atom. The summed E-state index contributed by atoms with van der Waals surface area (Å²) in [6.45, 7) is 8.20. The second-order valence-corrected chi connectivity index (χ2v) is 19.3. The maximum Gasteiger partial charge on any atom is -0.147 e. The van der Waals surface area contributed by atoms with Gasteiger partial charge >= 0.3 is 103 Å². The van der Waals surface area contributed by atoms with Crippen LogP contribution in [0.3, 0.4) is 0 Å². The Hall–Kier alpha value is 1.02. The van der Waals surface area contributed by atoms with Gasteiger partial charge in [0.05, 0.1) is 0 Å². The van der Waals surface area contributed by atoms with Crippen LogP contribution in [0.2, 0.25) is 20.4 Å². The summed E-state index contributed by atoms with van der Waals surface area (Å²) < 4.78 is 3.19. The molecule has 0 bridgehead atoms. The van der Waals surface area contributed by atoms with Crippen LogP contribution in [0.25, 0.3) is 0 Å². The van der Waals surface area contributed by atoms with Gasteiger partial charge in [0.25, 0.3) is 0 Å². The van der Waals surface area contributed by atoms with Crippen molar-refractivity contribution in [3.8, 4) is 0 Å². The molecule has 0 aromatic carbocycles. The average molecular weight is 368 g/mol. The van der Waals surface area contributed by atoms with Crippen molar-refractivity contribution in [3.05, 3.63) is 22.1 Å². The van der Waals surface area contributed by atoms with E-state index in [4.69, 9.17) is 0 Å². The molecule has 0 amide bonds. The Labute approximate surface area is 139 Å². The number of rotatable bonds is 6. The van der Waals surface area contributed by atoms with E-state index in [2.05, 4.69) is 52.7 Å². The van der Waals surface area contributed by atoms with Gasteiger partial charge in [-0.25, -0.2) is 0 Å². The van der Waals surface area contributed by atoms with Crippen molar-refractivity contribution in [1.29, 1.82) is 0 Å². The molecule has 0 radical (unpaired) electrons. The average Bonchev–Trinajstić information content (AvgIpc) is 2.72. The molecule has 1 rings (SSSR count). The molecule has 0 N–H and O–H groups in total. The summed E-state index contributed by atoms with van der Waals surface area (Å²) in [4.78, 5) is 2.56. The molecule has 0 heterocycles. The SMILES string of the molecule is CCN(CC)C[CH2][Ti]([CH3])([CH3])([CH3])[C]1=CC=CC1.Cl.Cl.Cl. The molecule has 0 aliphatic heterocycles. The Balaban J connectivity index is -0.000000853. The minimum atomic E-state index is -2.29. The fraction of sp³-hybridized carbons (Fsp3) is 0.714. The fourth-order valence-electron chi connectivity index (χ4n) is 2.38. The van der Waals surface area contributed by atoms with Crippen LogP contribution in [-0.4, -0.2) is 24.5 Å². The quantitative estimate of drug-likeness (QED) is 0.545. The van der Waals surface area contributed by atoms with Gasteiger partial charge in [0, 0.05) is 0 Å². The third kappa shape index (κ3) is 7.55. The smallest absolute Gasteiger partial charge is 0.147 e. The maximum absolute atomic E-state index is 2.58. The Bertz CT molecular complexity index is 302. The van der Waals surface area contributed by atoms with Gasteiger partial charge in [-0.15, -0.1) is 37.2 Å². The van der Waals surface area contributed by atoms with Crippen LogP contribution in [0.1, 0.15) is 20.3 Å². The molecule has 117 valence electrons. The minimum absolute atomic E-state index is 0. The van der Waals surface area contributed by atoms with Gasteiger partial charge in [0.2, 0.25) is 0 Å². The second kappa shape index (κ2) is 9.87. The molecule has 0 saturated heterocycles. The van der Waals surface area contributed by atoms with Crippen LogP contribution >= 0.6 is 37.2 Å². The first-order chi connectivity index (χ1) is 7.37. The van der Waals surface area contributed by atoms with Gasteiger partial charge in [-0.05, 0) is 0 Å². The Kier molecular flexibility index (Phi) is 13.0. The summed E-state index contributed by atoms with van der Waals surface area (Å²) in [6.07, 6.45) is 8.16. The van der Waals surface area contributed by atoms with E-state index >= 15 is 0 Å². The van der Waals surface area contributed by atoms with Gasteiger partial charge in [0.1, 0.15) is 0 Å². The molecule has 0 saturated carbocycles. The predicted octanol–water partition coefficient (Wildman–Crippen LogP) is 5.69. The second-order valence-electron chi connectivity index (χ2n) is 6.59. The molecule has 0 spiro atoms. The van der Waals surface area contributed by atoms with Crippen LogP contribution in [0.4, 0.5) is 0 Å². The Morgan fingerprint density at radius 2 is 1.58 bits per heavy atom. The van der Waals surface area contributed by atoms with E-state index < -0.39 is 15.3 Å². The monoisotopic (exact) mass is 366 g/mol. The van der Waals surface area contributed by atoms with Crippen molar-refractivity contribution < 1.29 is 15.3 Å². The van der Waals surface area contributed by atoms with Crippen LogP contribution in [0, 0.1) is 0 Å². The van der Waals surface area contributed by atoms with Gasteiger partial charge in [-0.3, -0.25) is 0 Å². The van der Waals surface area contributed by atoms with Crippen molar-refractivity contribution >= 4 is 37.2 Å². The summed E-state index contributed by atoms with van der Waals surface area (Å²) in [5.74, 6) is 0. The summed E-state index contributed by atoms with van der Waals surface area (Å²) in [7, 11) is 0. The van der Waals surface area contributed by atoms with Gasteiger partial charge < -0.3 is 0 Å². The van der Waals surface area contributed by atoms with Crippen LogP contribution < -0.4 is 0 Å². The van der Waals surface area contributed by atoms with Crippen molar-refractivity contribution in [2.75, 3.05) is 19.6 Å². The largest absolute Gasteiger partial charge is 0.147 e. The first kappa shape index (κ1) is 25.0. The summed E-state index contributed by atoms with van der Waals surface area (Å²) in [5, 5.41) is 7.75. The molecule has 0 aromatic heterocycles. The third-order valence-corrected chi connectivity index (χ3v) is 11.5. The van der Waals surface area contributed by atoms with Crippen LogP contribution in [0.5, 0.6) is 0 Å². The van der Waals surface area contributed by atoms with Crippen molar-refractivity contribution in [2.45, 2.75) is 40.7 Å². The molecule has 0 fully saturated rings. The van der Waals surface area contributed by atoms with Gasteiger partial charge in [-0.2, -0.15) is 0 Å². The number of hydrogen-bond donors (Lipinski definition) is 0. The molecule has 1 nitrogen and oxygen atoms in total. The molecular formula is C14H31Cl3NTi. The zero-order chi connectivity index (χ0) is 12.3. The standard InChI is InChI=1S/C6H14N.C5H5.3CH3.3ClH.Ti/c1-4-7(5-2)6-3;1-2-4-5-3-1;;;;;;;/h1,4-6H2,2-3H3;1-3H,4H2;3*1H3;3*1H;. The van der Waals surface area contributed by atoms with E-state index in [-0.39, 0.29) is 37.2 Å². The molecule has 19 heavy (non-hydrogen) atoms. The van der Waals surface area contributed by atoms with Gasteiger partial charge in [0.15, 0.2) is 0 Å². The van der Waals surface area contributed by atoms with E-state index in [1.54, 1.807) is 3.88 Å². The summed E-state index contributed by atoms with van der Waals surface area (Å²) >= 11 is -2.29. The van der Waals surface area contributed by atoms with E-state index in [1.807, 2.05) is 0 Å². The fourth-order valence-corrected chi connectivity index (χ4v) is 7.08. The van der Waals surface area contributed by atoms with E-state index in [9.17, 15) is 0 Å². The zero-order valence-electron chi connectivity index (χ0n) is 12.9. The van der Waals surface area contributed by atoms with E-state index in [0.717, 1.165) is 0 Å².